The molecule has 0 aromatic heterocycles. The van der Waals surface area contributed by atoms with Gasteiger partial charge in [-0.15, -0.1) is 6.58 Å². The summed E-state index contributed by atoms with van der Waals surface area (Å²) in [6, 6.07) is -0.541. The van der Waals surface area contributed by atoms with Crippen LogP contribution in [0.15, 0.2) is 12.7 Å². The van der Waals surface area contributed by atoms with E-state index in [1.54, 1.807) is 15.9 Å². The summed E-state index contributed by atoms with van der Waals surface area (Å²) in [5.74, 6) is -1.57. The number of likely N-dealkylation sites (N-methyl/N-ethyl adjacent to an activating group) is 1. The summed E-state index contributed by atoms with van der Waals surface area (Å²) in [6.45, 7) is 10.7. The zero-order valence-corrected chi connectivity index (χ0v) is 12.4. The summed E-state index contributed by atoms with van der Waals surface area (Å²) in [4.78, 5) is 27.1. The average Bonchev–Trinajstić information content (AvgIpc) is 2.85. The molecular weight excluding hydrogens is 260 g/mol. The Balaban J connectivity index is 2.90. The molecule has 1 fully saturated rings. The highest BCUT2D eigenvalue weighted by atomic mass is 16.5. The molecule has 20 heavy (non-hydrogen) atoms. The minimum atomic E-state index is -0.918. The summed E-state index contributed by atoms with van der Waals surface area (Å²) in [5, 5.41) is 9.21. The summed E-state index contributed by atoms with van der Waals surface area (Å²) in [7, 11) is 0. The summed E-state index contributed by atoms with van der Waals surface area (Å²) >= 11 is 0. The minimum absolute atomic E-state index is 0.0279. The maximum absolute atomic E-state index is 12.6. The first-order valence-corrected chi connectivity index (χ1v) is 6.92. The topological polar surface area (TPSA) is 70.1 Å². The molecule has 6 heteroatoms. The van der Waals surface area contributed by atoms with Crippen LogP contribution in [0.2, 0.25) is 0 Å². The van der Waals surface area contributed by atoms with Gasteiger partial charge in [0.05, 0.1) is 19.3 Å². The Morgan fingerprint density at radius 1 is 1.45 bits per heavy atom. The van der Waals surface area contributed by atoms with E-state index in [0.717, 1.165) is 0 Å². The van der Waals surface area contributed by atoms with Crippen LogP contribution in [0, 0.1) is 5.92 Å². The second-order valence-electron chi connectivity index (χ2n) is 5.15. The van der Waals surface area contributed by atoms with Gasteiger partial charge >= 0.3 is 12.0 Å². The standard InChI is InChI=1S/C14H24N2O4/c1-5-7-16(10(3)4)14(19)15(6-2)12-9-20-8-11(12)13(17)18/h5,10-12H,1,6-9H2,2-4H3,(H,17,18). The molecule has 2 atom stereocenters. The molecule has 2 amide bonds. The highest BCUT2D eigenvalue weighted by Crippen LogP contribution is 2.22. The lowest BCUT2D eigenvalue weighted by atomic mass is 10.0. The first-order chi connectivity index (χ1) is 9.43. The molecule has 2 unspecified atom stereocenters. The largest absolute Gasteiger partial charge is 0.481 e. The van der Waals surface area contributed by atoms with Crippen molar-refractivity contribution in [1.82, 2.24) is 9.80 Å². The predicted molar refractivity (Wildman–Crippen MR) is 75.5 cm³/mol. The van der Waals surface area contributed by atoms with E-state index < -0.39 is 17.9 Å². The van der Waals surface area contributed by atoms with Gasteiger partial charge < -0.3 is 19.6 Å². The summed E-state index contributed by atoms with van der Waals surface area (Å²) < 4.78 is 5.25. The van der Waals surface area contributed by atoms with Gasteiger partial charge in [-0.3, -0.25) is 4.79 Å². The number of amides is 2. The van der Waals surface area contributed by atoms with E-state index in [1.165, 1.54) is 0 Å². The molecule has 0 radical (unpaired) electrons. The van der Waals surface area contributed by atoms with Crippen LogP contribution in [-0.2, 0) is 9.53 Å². The number of nitrogens with zero attached hydrogens (tertiary/aromatic N) is 2. The number of urea groups is 1. The van der Waals surface area contributed by atoms with Crippen molar-refractivity contribution in [1.29, 1.82) is 0 Å². The Morgan fingerprint density at radius 2 is 2.10 bits per heavy atom. The first-order valence-electron chi connectivity index (χ1n) is 6.92. The third kappa shape index (κ3) is 3.50. The van der Waals surface area contributed by atoms with Gasteiger partial charge in [-0.05, 0) is 20.8 Å². The van der Waals surface area contributed by atoms with Crippen LogP contribution in [0.1, 0.15) is 20.8 Å². The molecule has 1 N–H and O–H groups in total. The molecule has 1 aliphatic heterocycles. The van der Waals surface area contributed by atoms with Crippen LogP contribution >= 0.6 is 0 Å². The smallest absolute Gasteiger partial charge is 0.320 e. The van der Waals surface area contributed by atoms with Crippen LogP contribution in [-0.4, -0.2) is 65.3 Å². The molecule has 6 nitrogen and oxygen atoms in total. The Morgan fingerprint density at radius 3 is 2.55 bits per heavy atom. The minimum Gasteiger partial charge on any atom is -0.481 e. The number of carbonyl (C=O) groups is 2. The van der Waals surface area contributed by atoms with Gasteiger partial charge in [0.2, 0.25) is 0 Å². The zero-order valence-electron chi connectivity index (χ0n) is 12.4. The van der Waals surface area contributed by atoms with Crippen LogP contribution in [0.25, 0.3) is 0 Å². The molecule has 0 bridgehead atoms. The first kappa shape index (κ1) is 16.5. The highest BCUT2D eigenvalue weighted by molar-refractivity contribution is 5.77. The molecule has 114 valence electrons. The highest BCUT2D eigenvalue weighted by Gasteiger charge is 2.40. The van der Waals surface area contributed by atoms with Crippen LogP contribution in [0.4, 0.5) is 4.79 Å². The van der Waals surface area contributed by atoms with E-state index >= 15 is 0 Å². The SMILES string of the molecule is C=CCN(C(=O)N(CC)C1COCC1C(=O)O)C(C)C. The number of carboxylic acid groups (broad SMARTS) is 1. The second kappa shape index (κ2) is 7.28. The molecule has 1 saturated heterocycles. The van der Waals surface area contributed by atoms with Crippen molar-refractivity contribution in [3.8, 4) is 0 Å². The average molecular weight is 284 g/mol. The van der Waals surface area contributed by atoms with Gasteiger partial charge in [0.25, 0.3) is 0 Å². The van der Waals surface area contributed by atoms with Crippen molar-refractivity contribution in [2.75, 3.05) is 26.3 Å². The fourth-order valence-corrected chi connectivity index (χ4v) is 2.41. The zero-order chi connectivity index (χ0) is 15.3. The Kier molecular flexibility index (Phi) is 6.01. The predicted octanol–water partition coefficient (Wildman–Crippen LogP) is 1.42. The number of rotatable bonds is 6. The third-order valence-corrected chi connectivity index (χ3v) is 3.55. The molecule has 0 spiro atoms. The van der Waals surface area contributed by atoms with Gasteiger partial charge in [-0.2, -0.15) is 0 Å². The number of carboxylic acids is 1. The third-order valence-electron chi connectivity index (χ3n) is 3.55. The lowest BCUT2D eigenvalue weighted by Crippen LogP contribution is -2.53. The maximum Gasteiger partial charge on any atom is 0.320 e. The molecule has 1 heterocycles. The van der Waals surface area contributed by atoms with Crippen molar-refractivity contribution < 1.29 is 19.4 Å². The lowest BCUT2D eigenvalue weighted by molar-refractivity contribution is -0.142. The van der Waals surface area contributed by atoms with Crippen LogP contribution < -0.4 is 0 Å². The molecule has 1 aliphatic rings. The fourth-order valence-electron chi connectivity index (χ4n) is 2.41. The normalized spacial score (nSPS) is 21.8. The van der Waals surface area contributed by atoms with E-state index in [-0.39, 0.29) is 25.3 Å². The van der Waals surface area contributed by atoms with Crippen LogP contribution in [0.3, 0.4) is 0 Å². The van der Waals surface area contributed by atoms with E-state index in [1.807, 2.05) is 20.8 Å². The van der Waals surface area contributed by atoms with Crippen molar-refractivity contribution in [2.24, 2.45) is 5.92 Å². The molecular formula is C14H24N2O4. The Labute approximate surface area is 120 Å². The van der Waals surface area contributed by atoms with Gasteiger partial charge in [0.1, 0.15) is 5.92 Å². The van der Waals surface area contributed by atoms with Crippen molar-refractivity contribution in [3.63, 3.8) is 0 Å². The van der Waals surface area contributed by atoms with Gasteiger partial charge in [0.15, 0.2) is 0 Å². The van der Waals surface area contributed by atoms with Crippen molar-refractivity contribution >= 4 is 12.0 Å². The molecule has 1 rings (SSSR count). The number of hydrogen-bond donors (Lipinski definition) is 1. The van der Waals surface area contributed by atoms with Gasteiger partial charge in [0, 0.05) is 19.1 Å². The quantitative estimate of drug-likeness (QED) is 0.749. The monoisotopic (exact) mass is 284 g/mol. The maximum atomic E-state index is 12.6. The van der Waals surface area contributed by atoms with Gasteiger partial charge in [-0.1, -0.05) is 6.08 Å². The Bertz CT molecular complexity index is 370. The number of ether oxygens (including phenoxy) is 1. The van der Waals surface area contributed by atoms with Crippen molar-refractivity contribution in [3.05, 3.63) is 12.7 Å². The summed E-state index contributed by atoms with van der Waals surface area (Å²) in [6.07, 6.45) is 1.67. The number of carbonyl (C=O) groups excluding carboxylic acids is 1. The second-order valence-corrected chi connectivity index (χ2v) is 5.15. The molecule has 0 aliphatic carbocycles. The molecule has 0 aromatic rings. The molecule has 0 saturated carbocycles. The number of aliphatic carboxylic acids is 1. The van der Waals surface area contributed by atoms with Gasteiger partial charge in [-0.25, -0.2) is 4.79 Å². The van der Waals surface area contributed by atoms with Crippen LogP contribution in [0.5, 0.6) is 0 Å². The lowest BCUT2D eigenvalue weighted by Gasteiger charge is -2.36. The Hall–Kier alpha value is -1.56. The van der Waals surface area contributed by atoms with E-state index in [2.05, 4.69) is 6.58 Å². The van der Waals surface area contributed by atoms with E-state index in [9.17, 15) is 14.7 Å². The summed E-state index contributed by atoms with van der Waals surface area (Å²) in [5.41, 5.74) is 0. The van der Waals surface area contributed by atoms with E-state index in [0.29, 0.717) is 13.1 Å². The molecule has 0 aromatic carbocycles. The fraction of sp³-hybridized carbons (Fsp3) is 0.714. The van der Waals surface area contributed by atoms with Crippen molar-refractivity contribution in [2.45, 2.75) is 32.9 Å². The van der Waals surface area contributed by atoms with E-state index in [4.69, 9.17) is 4.74 Å². The number of hydrogen-bond acceptors (Lipinski definition) is 3.